The summed E-state index contributed by atoms with van der Waals surface area (Å²) in [7, 11) is 0. The second-order valence-corrected chi connectivity index (χ2v) is 8.13. The fourth-order valence-electron chi connectivity index (χ4n) is 5.05. The van der Waals surface area contributed by atoms with Crippen LogP contribution in [0.4, 0.5) is 0 Å². The predicted octanol–water partition coefficient (Wildman–Crippen LogP) is 2.24. The molecule has 3 heterocycles. The molecule has 8 unspecified atom stereocenters. The lowest BCUT2D eigenvalue weighted by molar-refractivity contribution is -0.153. The fraction of sp³-hybridized carbons (Fsp3) is 0.929. The summed E-state index contributed by atoms with van der Waals surface area (Å²) in [5, 5.41) is 9.58. The van der Waals surface area contributed by atoms with E-state index in [-0.39, 0.29) is 29.8 Å². The van der Waals surface area contributed by atoms with Gasteiger partial charge in [-0.05, 0) is 19.8 Å². The lowest BCUT2D eigenvalue weighted by Gasteiger charge is -2.37. The van der Waals surface area contributed by atoms with Gasteiger partial charge < -0.3 is 14.6 Å². The van der Waals surface area contributed by atoms with Crippen molar-refractivity contribution in [3.05, 3.63) is 0 Å². The van der Waals surface area contributed by atoms with Gasteiger partial charge >= 0.3 is 5.97 Å². The van der Waals surface area contributed by atoms with Gasteiger partial charge in [-0.15, -0.1) is 0 Å². The highest BCUT2D eigenvalue weighted by molar-refractivity contribution is 14.1. The summed E-state index contributed by atoms with van der Waals surface area (Å²) in [6.07, 6.45) is 3.29. The van der Waals surface area contributed by atoms with Gasteiger partial charge in [-0.1, -0.05) is 35.9 Å². The van der Waals surface area contributed by atoms with Gasteiger partial charge in [0.15, 0.2) is 0 Å². The van der Waals surface area contributed by atoms with Gasteiger partial charge in [0.25, 0.3) is 0 Å². The predicted molar refractivity (Wildman–Crippen MR) is 76.3 cm³/mol. The van der Waals surface area contributed by atoms with Gasteiger partial charge in [0.05, 0.1) is 29.8 Å². The number of alkyl halides is 1. The normalized spacial score (nSPS) is 61.0. The first-order chi connectivity index (χ1) is 8.97. The van der Waals surface area contributed by atoms with E-state index < -0.39 is 11.4 Å². The number of carbonyl (C=O) groups is 1. The van der Waals surface area contributed by atoms with Gasteiger partial charge in [-0.2, -0.15) is 0 Å². The largest absolute Gasteiger partial charge is 0.481 e. The van der Waals surface area contributed by atoms with Crippen LogP contribution in [0.5, 0.6) is 0 Å². The molecule has 5 heteroatoms. The molecule has 8 atom stereocenters. The van der Waals surface area contributed by atoms with Crippen molar-refractivity contribution in [3.63, 3.8) is 0 Å². The van der Waals surface area contributed by atoms with Gasteiger partial charge in [-0.25, -0.2) is 0 Å². The Kier molecular flexibility index (Phi) is 2.47. The zero-order valence-corrected chi connectivity index (χ0v) is 13.3. The van der Waals surface area contributed by atoms with E-state index in [4.69, 9.17) is 9.47 Å². The molecule has 0 aromatic carbocycles. The van der Waals surface area contributed by atoms with Crippen LogP contribution >= 0.6 is 22.6 Å². The molecule has 3 saturated heterocycles. The van der Waals surface area contributed by atoms with E-state index in [0.717, 1.165) is 12.8 Å². The van der Waals surface area contributed by atoms with Crippen LogP contribution < -0.4 is 0 Å². The molecule has 0 aromatic rings. The van der Waals surface area contributed by atoms with Crippen LogP contribution in [-0.4, -0.2) is 39.4 Å². The molecule has 106 valence electrons. The Hall–Kier alpha value is 0.120. The van der Waals surface area contributed by atoms with Crippen molar-refractivity contribution in [1.29, 1.82) is 0 Å². The highest BCUT2D eigenvalue weighted by Gasteiger charge is 2.87. The minimum absolute atomic E-state index is 0.00352. The summed E-state index contributed by atoms with van der Waals surface area (Å²) < 4.78 is 12.8. The Morgan fingerprint density at radius 2 is 2.21 bits per heavy atom. The molecule has 0 radical (unpaired) electrons. The quantitative estimate of drug-likeness (QED) is 0.605. The average Bonchev–Trinajstić information content (AvgIpc) is 2.78. The van der Waals surface area contributed by atoms with Crippen LogP contribution in [-0.2, 0) is 14.3 Å². The molecular formula is C14H19IO4. The van der Waals surface area contributed by atoms with Crippen molar-refractivity contribution < 1.29 is 19.4 Å². The number of fused-ring (bicyclic) bond motifs is 3. The summed E-state index contributed by atoms with van der Waals surface area (Å²) in [4.78, 5) is 11.7. The first-order valence-electron chi connectivity index (χ1n) is 7.16. The maximum atomic E-state index is 11.7. The number of aliphatic carboxylic acids is 1. The Labute approximate surface area is 126 Å². The number of halogens is 1. The molecule has 2 bridgehead atoms. The molecule has 3 aliphatic heterocycles. The molecule has 0 aromatic heterocycles. The molecule has 1 spiro atoms. The number of hydrogen-bond donors (Lipinski definition) is 1. The lowest BCUT2D eigenvalue weighted by atomic mass is 9.63. The summed E-state index contributed by atoms with van der Waals surface area (Å²) in [6, 6.07) is 0. The highest BCUT2D eigenvalue weighted by atomic mass is 127. The minimum Gasteiger partial charge on any atom is -0.481 e. The fourth-order valence-corrected chi connectivity index (χ4v) is 6.73. The number of carboxylic acids is 1. The molecule has 1 aliphatic carbocycles. The maximum absolute atomic E-state index is 11.7. The van der Waals surface area contributed by atoms with E-state index in [9.17, 15) is 9.90 Å². The Morgan fingerprint density at radius 1 is 1.47 bits per heavy atom. The van der Waals surface area contributed by atoms with Crippen molar-refractivity contribution >= 4 is 28.6 Å². The molecule has 0 amide bonds. The topological polar surface area (TPSA) is 55.8 Å². The summed E-state index contributed by atoms with van der Waals surface area (Å²) in [5.74, 6) is -0.280. The molecule has 1 N–H and O–H groups in total. The lowest BCUT2D eigenvalue weighted by Crippen LogP contribution is -2.49. The van der Waals surface area contributed by atoms with Gasteiger partial charge in [-0.3, -0.25) is 4.79 Å². The third kappa shape index (κ3) is 1.22. The van der Waals surface area contributed by atoms with Crippen molar-refractivity contribution in [2.75, 3.05) is 0 Å². The average molecular weight is 378 g/mol. The Bertz CT molecular complexity index is 455. The maximum Gasteiger partial charge on any atom is 0.312 e. The van der Waals surface area contributed by atoms with E-state index in [2.05, 4.69) is 29.5 Å². The SMILES string of the molecule is CCCC1OC2C(I)C23C1C1CC(C)(C(=O)O)C3O1. The van der Waals surface area contributed by atoms with E-state index >= 15 is 0 Å². The van der Waals surface area contributed by atoms with Crippen molar-refractivity contribution in [2.45, 2.75) is 61.5 Å². The standard InChI is InChI=1S/C14H19IO4/c1-3-4-6-8-7-5-13(2,12(16)17)11(19-7)14(8)9(15)10(14)18-6/h6-11H,3-5H2,1-2H3,(H,16,17). The molecular weight excluding hydrogens is 359 g/mol. The van der Waals surface area contributed by atoms with Crippen LogP contribution in [0.3, 0.4) is 0 Å². The molecule has 4 aliphatic rings. The van der Waals surface area contributed by atoms with Crippen molar-refractivity contribution in [3.8, 4) is 0 Å². The molecule has 4 rings (SSSR count). The smallest absolute Gasteiger partial charge is 0.312 e. The van der Waals surface area contributed by atoms with Crippen molar-refractivity contribution in [1.82, 2.24) is 0 Å². The van der Waals surface area contributed by atoms with Crippen LogP contribution in [0.2, 0.25) is 0 Å². The van der Waals surface area contributed by atoms with Gasteiger partial charge in [0.1, 0.15) is 0 Å². The van der Waals surface area contributed by atoms with E-state index in [1.807, 2.05) is 6.92 Å². The number of rotatable bonds is 3. The van der Waals surface area contributed by atoms with Crippen LogP contribution in [0.25, 0.3) is 0 Å². The molecule has 1 saturated carbocycles. The summed E-state index contributed by atoms with van der Waals surface area (Å²) >= 11 is 2.44. The molecule has 4 nitrogen and oxygen atoms in total. The number of ether oxygens (including phenoxy) is 2. The monoisotopic (exact) mass is 378 g/mol. The summed E-state index contributed by atoms with van der Waals surface area (Å²) in [5.41, 5.74) is -0.722. The summed E-state index contributed by atoms with van der Waals surface area (Å²) in [6.45, 7) is 4.04. The highest BCUT2D eigenvalue weighted by Crippen LogP contribution is 2.78. The van der Waals surface area contributed by atoms with Gasteiger partial charge in [0, 0.05) is 15.3 Å². The Balaban J connectivity index is 1.72. The number of carboxylic acid groups (broad SMARTS) is 1. The van der Waals surface area contributed by atoms with E-state index in [1.54, 1.807) is 0 Å². The Morgan fingerprint density at radius 3 is 2.84 bits per heavy atom. The second-order valence-electron chi connectivity index (χ2n) is 6.79. The zero-order valence-electron chi connectivity index (χ0n) is 11.1. The number of hydrogen-bond acceptors (Lipinski definition) is 3. The first-order valence-corrected chi connectivity index (χ1v) is 8.40. The van der Waals surface area contributed by atoms with Crippen molar-refractivity contribution in [2.24, 2.45) is 16.7 Å². The van der Waals surface area contributed by atoms with Crippen LogP contribution in [0.1, 0.15) is 33.1 Å². The molecule has 4 fully saturated rings. The van der Waals surface area contributed by atoms with E-state index in [0.29, 0.717) is 16.3 Å². The first kappa shape index (κ1) is 12.8. The zero-order chi connectivity index (χ0) is 13.6. The minimum atomic E-state index is -0.718. The van der Waals surface area contributed by atoms with E-state index in [1.165, 1.54) is 0 Å². The second kappa shape index (κ2) is 3.65. The van der Waals surface area contributed by atoms with Gasteiger partial charge in [0.2, 0.25) is 0 Å². The van der Waals surface area contributed by atoms with Crippen LogP contribution in [0.15, 0.2) is 0 Å². The van der Waals surface area contributed by atoms with Crippen LogP contribution in [0, 0.1) is 16.7 Å². The molecule has 19 heavy (non-hydrogen) atoms. The third-order valence-corrected chi connectivity index (χ3v) is 7.59. The third-order valence-electron chi connectivity index (χ3n) is 5.86.